The molecule has 0 unspecified atom stereocenters. The van der Waals surface area contributed by atoms with Crippen molar-refractivity contribution in [2.24, 2.45) is 5.73 Å². The molecule has 1 aromatic heterocycles. The Labute approximate surface area is 79.9 Å². The molecule has 0 atom stereocenters. The molecule has 13 heavy (non-hydrogen) atoms. The summed E-state index contributed by atoms with van der Waals surface area (Å²) in [7, 11) is 1.65. The number of pyridine rings is 1. The highest BCUT2D eigenvalue weighted by atomic mass is 16.5. The Hall–Kier alpha value is -0.930. The van der Waals surface area contributed by atoms with Crippen LogP contribution in [0.3, 0.4) is 0 Å². The van der Waals surface area contributed by atoms with E-state index in [2.05, 4.69) is 4.98 Å². The molecule has 0 saturated carbocycles. The van der Waals surface area contributed by atoms with Crippen molar-refractivity contribution in [1.29, 1.82) is 0 Å². The molecule has 1 rings (SSSR count). The fraction of sp³-hybridized carbons (Fsp3) is 0.500. The summed E-state index contributed by atoms with van der Waals surface area (Å²) in [6.07, 6.45) is 0. The van der Waals surface area contributed by atoms with E-state index in [9.17, 15) is 0 Å². The zero-order valence-electron chi connectivity index (χ0n) is 8.58. The Morgan fingerprint density at radius 1 is 1.31 bits per heavy atom. The Balaban J connectivity index is 0.000000671. The lowest BCUT2D eigenvalue weighted by molar-refractivity contribution is 0.181. The molecule has 0 aromatic carbocycles. The van der Waals surface area contributed by atoms with Crippen LogP contribution in [0.5, 0.6) is 0 Å². The van der Waals surface area contributed by atoms with Crippen molar-refractivity contribution in [2.75, 3.05) is 7.11 Å². The molecular weight excluding hydrogens is 164 g/mol. The third-order valence-electron chi connectivity index (χ3n) is 1.37. The van der Waals surface area contributed by atoms with Gasteiger partial charge in [-0.1, -0.05) is 19.9 Å². The minimum Gasteiger partial charge on any atom is -0.378 e. The molecule has 0 bridgehead atoms. The second-order valence-electron chi connectivity index (χ2n) is 2.26. The summed E-state index contributed by atoms with van der Waals surface area (Å²) in [4.78, 5) is 4.23. The van der Waals surface area contributed by atoms with Crippen LogP contribution in [0.1, 0.15) is 25.2 Å². The Kier molecular flexibility index (Phi) is 7.15. The standard InChI is InChI=1S/C8H12N2O.C2H6/c1-11-6-8-4-2-3-7(5-9)10-8;1-2/h2-4H,5-6,9H2,1H3;1-2H3. The van der Waals surface area contributed by atoms with Crippen molar-refractivity contribution in [1.82, 2.24) is 4.98 Å². The maximum Gasteiger partial charge on any atom is 0.0884 e. The normalized spacial score (nSPS) is 8.92. The number of methoxy groups -OCH3 is 1. The topological polar surface area (TPSA) is 48.1 Å². The van der Waals surface area contributed by atoms with Crippen LogP contribution in [-0.4, -0.2) is 12.1 Å². The summed E-state index contributed by atoms with van der Waals surface area (Å²) in [5.74, 6) is 0. The lowest BCUT2D eigenvalue weighted by atomic mass is 10.3. The summed E-state index contributed by atoms with van der Waals surface area (Å²) in [5.41, 5.74) is 7.24. The SMILES string of the molecule is CC.COCc1cccc(CN)n1. The Bertz CT molecular complexity index is 226. The highest BCUT2D eigenvalue weighted by molar-refractivity contribution is 5.10. The number of ether oxygens (including phenoxy) is 1. The van der Waals surface area contributed by atoms with Gasteiger partial charge in [-0.25, -0.2) is 0 Å². The maximum absolute atomic E-state index is 5.41. The van der Waals surface area contributed by atoms with E-state index in [0.717, 1.165) is 11.4 Å². The highest BCUT2D eigenvalue weighted by Crippen LogP contribution is 1.99. The number of nitrogens with zero attached hydrogens (tertiary/aromatic N) is 1. The molecule has 2 N–H and O–H groups in total. The molecule has 0 spiro atoms. The summed E-state index contributed by atoms with van der Waals surface area (Å²) in [5, 5.41) is 0. The van der Waals surface area contributed by atoms with Crippen LogP contribution in [0, 0.1) is 0 Å². The zero-order chi connectivity index (χ0) is 10.1. The van der Waals surface area contributed by atoms with Gasteiger partial charge in [0.15, 0.2) is 0 Å². The van der Waals surface area contributed by atoms with Crippen LogP contribution in [0.4, 0.5) is 0 Å². The van der Waals surface area contributed by atoms with Crippen molar-refractivity contribution >= 4 is 0 Å². The zero-order valence-corrected chi connectivity index (χ0v) is 8.58. The summed E-state index contributed by atoms with van der Waals surface area (Å²) >= 11 is 0. The van der Waals surface area contributed by atoms with E-state index < -0.39 is 0 Å². The van der Waals surface area contributed by atoms with Gasteiger partial charge in [-0.3, -0.25) is 4.98 Å². The highest BCUT2D eigenvalue weighted by Gasteiger charge is 1.93. The van der Waals surface area contributed by atoms with Crippen LogP contribution in [0.15, 0.2) is 18.2 Å². The number of hydrogen-bond donors (Lipinski definition) is 1. The van der Waals surface area contributed by atoms with Crippen LogP contribution < -0.4 is 5.73 Å². The van der Waals surface area contributed by atoms with Gasteiger partial charge >= 0.3 is 0 Å². The van der Waals surface area contributed by atoms with Gasteiger partial charge < -0.3 is 10.5 Å². The third kappa shape index (κ3) is 4.60. The largest absolute Gasteiger partial charge is 0.378 e. The predicted octanol–water partition coefficient (Wildman–Crippen LogP) is 1.71. The van der Waals surface area contributed by atoms with Gasteiger partial charge in [0, 0.05) is 13.7 Å². The van der Waals surface area contributed by atoms with Crippen molar-refractivity contribution in [3.63, 3.8) is 0 Å². The average Bonchev–Trinajstić information content (AvgIpc) is 2.22. The van der Waals surface area contributed by atoms with E-state index in [1.165, 1.54) is 0 Å². The number of rotatable bonds is 3. The van der Waals surface area contributed by atoms with E-state index in [4.69, 9.17) is 10.5 Å². The van der Waals surface area contributed by atoms with Crippen molar-refractivity contribution in [3.8, 4) is 0 Å². The maximum atomic E-state index is 5.41. The van der Waals surface area contributed by atoms with E-state index in [1.54, 1.807) is 7.11 Å². The molecule has 0 aliphatic heterocycles. The number of nitrogens with two attached hydrogens (primary N) is 1. The minimum atomic E-state index is 0.484. The molecule has 1 heterocycles. The lowest BCUT2D eigenvalue weighted by Crippen LogP contribution is -2.01. The molecule has 0 aliphatic carbocycles. The van der Waals surface area contributed by atoms with Gasteiger partial charge in [-0.05, 0) is 12.1 Å². The molecule has 0 aliphatic rings. The first-order chi connectivity index (χ1) is 6.36. The quantitative estimate of drug-likeness (QED) is 0.774. The third-order valence-corrected chi connectivity index (χ3v) is 1.37. The van der Waals surface area contributed by atoms with Gasteiger partial charge in [-0.2, -0.15) is 0 Å². The van der Waals surface area contributed by atoms with Crippen molar-refractivity contribution in [3.05, 3.63) is 29.6 Å². The van der Waals surface area contributed by atoms with Gasteiger partial charge in [0.2, 0.25) is 0 Å². The predicted molar refractivity (Wildman–Crippen MR) is 54.2 cm³/mol. The number of aromatic nitrogens is 1. The van der Waals surface area contributed by atoms with Crippen molar-refractivity contribution in [2.45, 2.75) is 27.0 Å². The van der Waals surface area contributed by atoms with Gasteiger partial charge in [0.1, 0.15) is 0 Å². The van der Waals surface area contributed by atoms with Gasteiger partial charge in [-0.15, -0.1) is 0 Å². The van der Waals surface area contributed by atoms with Gasteiger partial charge in [0.25, 0.3) is 0 Å². The molecule has 0 amide bonds. The molecule has 3 heteroatoms. The van der Waals surface area contributed by atoms with Crippen LogP contribution >= 0.6 is 0 Å². The first-order valence-electron chi connectivity index (χ1n) is 4.50. The molecular formula is C10H18N2O. The molecule has 0 fully saturated rings. The summed E-state index contributed by atoms with van der Waals surface area (Å²) < 4.78 is 4.92. The average molecular weight is 182 g/mol. The molecule has 0 radical (unpaired) electrons. The summed E-state index contributed by atoms with van der Waals surface area (Å²) in [6, 6.07) is 5.76. The second kappa shape index (κ2) is 7.71. The number of hydrogen-bond acceptors (Lipinski definition) is 3. The summed E-state index contributed by atoms with van der Waals surface area (Å²) in [6.45, 7) is 5.03. The fourth-order valence-electron chi connectivity index (χ4n) is 0.871. The smallest absolute Gasteiger partial charge is 0.0884 e. The van der Waals surface area contributed by atoms with E-state index in [0.29, 0.717) is 13.2 Å². The van der Waals surface area contributed by atoms with Crippen LogP contribution in [0.2, 0.25) is 0 Å². The molecule has 0 saturated heterocycles. The molecule has 74 valence electrons. The monoisotopic (exact) mass is 182 g/mol. The molecule has 1 aromatic rings. The first kappa shape index (κ1) is 12.1. The van der Waals surface area contributed by atoms with E-state index >= 15 is 0 Å². The van der Waals surface area contributed by atoms with E-state index in [1.807, 2.05) is 32.0 Å². The van der Waals surface area contributed by atoms with Crippen molar-refractivity contribution < 1.29 is 4.74 Å². The second-order valence-corrected chi connectivity index (χ2v) is 2.26. The minimum absolute atomic E-state index is 0.484. The fourth-order valence-corrected chi connectivity index (χ4v) is 0.871. The van der Waals surface area contributed by atoms with Crippen LogP contribution in [-0.2, 0) is 17.9 Å². The van der Waals surface area contributed by atoms with Gasteiger partial charge in [0.05, 0.1) is 18.0 Å². The van der Waals surface area contributed by atoms with E-state index in [-0.39, 0.29) is 0 Å². The first-order valence-corrected chi connectivity index (χ1v) is 4.50. The molecule has 3 nitrogen and oxygen atoms in total. The van der Waals surface area contributed by atoms with Crippen LogP contribution in [0.25, 0.3) is 0 Å². The Morgan fingerprint density at radius 2 is 1.92 bits per heavy atom. The lowest BCUT2D eigenvalue weighted by Gasteiger charge is -2.00. The Morgan fingerprint density at radius 3 is 2.46 bits per heavy atom.